The first-order chi connectivity index (χ1) is 6.45. The highest BCUT2D eigenvalue weighted by atomic mass is 16.5. The Morgan fingerprint density at radius 1 is 1.46 bits per heavy atom. The molecule has 13 heavy (non-hydrogen) atoms. The van der Waals surface area contributed by atoms with Crippen LogP contribution in [-0.2, 0) is 6.54 Å². The molecule has 0 amide bonds. The van der Waals surface area contributed by atoms with Crippen molar-refractivity contribution < 1.29 is 4.52 Å². The van der Waals surface area contributed by atoms with E-state index in [4.69, 9.17) is 4.52 Å². The summed E-state index contributed by atoms with van der Waals surface area (Å²) in [5, 5.41) is 7.25. The highest BCUT2D eigenvalue weighted by Crippen LogP contribution is 2.23. The van der Waals surface area contributed by atoms with Gasteiger partial charge in [0.1, 0.15) is 6.26 Å². The van der Waals surface area contributed by atoms with Crippen LogP contribution in [0.25, 0.3) is 0 Å². The zero-order valence-electron chi connectivity index (χ0n) is 7.83. The minimum absolute atomic E-state index is 0.840. The third kappa shape index (κ3) is 2.56. The Hall–Kier alpha value is -0.830. The third-order valence-electron chi connectivity index (χ3n) is 2.71. The van der Waals surface area contributed by atoms with Crippen molar-refractivity contribution in [2.24, 2.45) is 5.92 Å². The van der Waals surface area contributed by atoms with Gasteiger partial charge in [0.2, 0.25) is 0 Å². The summed E-state index contributed by atoms with van der Waals surface area (Å²) in [4.78, 5) is 0. The average Bonchev–Trinajstić information content (AvgIpc) is 2.75. The van der Waals surface area contributed by atoms with Crippen molar-refractivity contribution in [3.05, 3.63) is 18.0 Å². The van der Waals surface area contributed by atoms with Crippen molar-refractivity contribution in [1.29, 1.82) is 0 Å². The van der Waals surface area contributed by atoms with Crippen LogP contribution >= 0.6 is 0 Å². The largest absolute Gasteiger partial charge is 0.364 e. The number of nitrogens with one attached hydrogen (secondary N) is 1. The predicted molar refractivity (Wildman–Crippen MR) is 50.2 cm³/mol. The Kier molecular flexibility index (Phi) is 2.98. The molecule has 1 aromatic heterocycles. The molecule has 1 N–H and O–H groups in total. The molecule has 1 fully saturated rings. The first-order valence-corrected chi connectivity index (χ1v) is 5.05. The van der Waals surface area contributed by atoms with Crippen molar-refractivity contribution in [3.8, 4) is 0 Å². The summed E-state index contributed by atoms with van der Waals surface area (Å²) in [6.07, 6.45) is 7.23. The van der Waals surface area contributed by atoms with E-state index in [1.807, 2.05) is 6.07 Å². The standard InChI is InChI=1S/C10H16N2O/c1-2-4-9(3-1)7-11-8-10-5-6-13-12-10/h5-6,9,11H,1-4,7-8H2. The van der Waals surface area contributed by atoms with Crippen molar-refractivity contribution in [3.63, 3.8) is 0 Å². The van der Waals surface area contributed by atoms with E-state index in [1.165, 1.54) is 25.7 Å². The fourth-order valence-electron chi connectivity index (χ4n) is 1.95. The second-order valence-corrected chi connectivity index (χ2v) is 3.77. The van der Waals surface area contributed by atoms with Gasteiger partial charge in [0.15, 0.2) is 0 Å². The van der Waals surface area contributed by atoms with E-state index in [2.05, 4.69) is 10.5 Å². The maximum absolute atomic E-state index is 4.75. The van der Waals surface area contributed by atoms with E-state index in [-0.39, 0.29) is 0 Å². The van der Waals surface area contributed by atoms with Crippen LogP contribution in [0.2, 0.25) is 0 Å². The first-order valence-electron chi connectivity index (χ1n) is 5.05. The topological polar surface area (TPSA) is 38.1 Å². The van der Waals surface area contributed by atoms with Crippen LogP contribution in [0.1, 0.15) is 31.4 Å². The van der Waals surface area contributed by atoms with Gasteiger partial charge in [-0.05, 0) is 25.3 Å². The van der Waals surface area contributed by atoms with Crippen LogP contribution in [0.3, 0.4) is 0 Å². The number of hydrogen-bond donors (Lipinski definition) is 1. The molecule has 1 aliphatic rings. The van der Waals surface area contributed by atoms with Gasteiger partial charge in [-0.15, -0.1) is 0 Å². The van der Waals surface area contributed by atoms with Crippen molar-refractivity contribution in [1.82, 2.24) is 10.5 Å². The lowest BCUT2D eigenvalue weighted by atomic mass is 10.1. The number of nitrogens with zero attached hydrogens (tertiary/aromatic N) is 1. The predicted octanol–water partition coefficient (Wildman–Crippen LogP) is 1.95. The van der Waals surface area contributed by atoms with Crippen LogP contribution in [-0.4, -0.2) is 11.7 Å². The minimum atomic E-state index is 0.840. The SMILES string of the molecule is c1cc(CNCC2CCCC2)no1. The summed E-state index contributed by atoms with van der Waals surface area (Å²) in [6, 6.07) is 1.90. The summed E-state index contributed by atoms with van der Waals surface area (Å²) in [5.41, 5.74) is 0.998. The van der Waals surface area contributed by atoms with Crippen molar-refractivity contribution in [2.45, 2.75) is 32.2 Å². The normalized spacial score (nSPS) is 18.2. The number of aromatic nitrogens is 1. The number of hydrogen-bond acceptors (Lipinski definition) is 3. The lowest BCUT2D eigenvalue weighted by molar-refractivity contribution is 0.405. The van der Waals surface area contributed by atoms with Gasteiger partial charge >= 0.3 is 0 Å². The molecule has 0 atom stereocenters. The molecule has 0 bridgehead atoms. The minimum Gasteiger partial charge on any atom is -0.364 e. The zero-order valence-corrected chi connectivity index (χ0v) is 7.83. The summed E-state index contributed by atoms with van der Waals surface area (Å²) in [6.45, 7) is 1.97. The van der Waals surface area contributed by atoms with Crippen molar-refractivity contribution in [2.75, 3.05) is 6.54 Å². The van der Waals surface area contributed by atoms with E-state index >= 15 is 0 Å². The maximum Gasteiger partial charge on any atom is 0.124 e. The van der Waals surface area contributed by atoms with E-state index in [0.29, 0.717) is 0 Å². The highest BCUT2D eigenvalue weighted by Gasteiger charge is 2.13. The van der Waals surface area contributed by atoms with Gasteiger partial charge in [0.25, 0.3) is 0 Å². The second-order valence-electron chi connectivity index (χ2n) is 3.77. The van der Waals surface area contributed by atoms with Crippen LogP contribution in [0.5, 0.6) is 0 Å². The van der Waals surface area contributed by atoms with E-state index in [0.717, 1.165) is 24.7 Å². The summed E-state index contributed by atoms with van der Waals surface area (Å²) >= 11 is 0. The molecule has 0 saturated heterocycles. The van der Waals surface area contributed by atoms with Gasteiger partial charge in [0, 0.05) is 12.6 Å². The number of rotatable bonds is 4. The second kappa shape index (κ2) is 4.42. The fourth-order valence-corrected chi connectivity index (χ4v) is 1.95. The molecular weight excluding hydrogens is 164 g/mol. The maximum atomic E-state index is 4.75. The smallest absolute Gasteiger partial charge is 0.124 e. The quantitative estimate of drug-likeness (QED) is 0.769. The lowest BCUT2D eigenvalue weighted by Crippen LogP contribution is -2.20. The van der Waals surface area contributed by atoms with Crippen LogP contribution < -0.4 is 5.32 Å². The monoisotopic (exact) mass is 180 g/mol. The van der Waals surface area contributed by atoms with Crippen LogP contribution in [0.4, 0.5) is 0 Å². The van der Waals surface area contributed by atoms with Gasteiger partial charge in [0.05, 0.1) is 5.69 Å². The summed E-state index contributed by atoms with van der Waals surface area (Å²) < 4.78 is 4.75. The first kappa shape index (κ1) is 8.75. The van der Waals surface area contributed by atoms with Crippen molar-refractivity contribution >= 4 is 0 Å². The Balaban J connectivity index is 1.63. The molecule has 0 unspecified atom stereocenters. The molecule has 0 aromatic carbocycles. The molecule has 2 rings (SSSR count). The molecule has 1 heterocycles. The van der Waals surface area contributed by atoms with E-state index in [9.17, 15) is 0 Å². The van der Waals surface area contributed by atoms with Gasteiger partial charge in [-0.2, -0.15) is 0 Å². The molecule has 72 valence electrons. The van der Waals surface area contributed by atoms with Crippen LogP contribution in [0, 0.1) is 5.92 Å². The van der Waals surface area contributed by atoms with Crippen LogP contribution in [0.15, 0.2) is 16.9 Å². The molecule has 1 saturated carbocycles. The Morgan fingerprint density at radius 3 is 3.00 bits per heavy atom. The summed E-state index contributed by atoms with van der Waals surface area (Å²) in [7, 11) is 0. The Morgan fingerprint density at radius 2 is 2.31 bits per heavy atom. The molecule has 1 aliphatic carbocycles. The Labute approximate surface area is 78.5 Å². The van der Waals surface area contributed by atoms with Gasteiger partial charge in [-0.25, -0.2) is 0 Å². The van der Waals surface area contributed by atoms with E-state index in [1.54, 1.807) is 6.26 Å². The van der Waals surface area contributed by atoms with Gasteiger partial charge in [-0.1, -0.05) is 18.0 Å². The molecule has 0 spiro atoms. The Bertz CT molecular complexity index is 227. The van der Waals surface area contributed by atoms with E-state index < -0.39 is 0 Å². The molecule has 3 heteroatoms. The molecule has 0 aliphatic heterocycles. The third-order valence-corrected chi connectivity index (χ3v) is 2.71. The summed E-state index contributed by atoms with van der Waals surface area (Å²) in [5.74, 6) is 0.895. The molecule has 0 radical (unpaired) electrons. The highest BCUT2D eigenvalue weighted by molar-refractivity contribution is 4.94. The van der Waals surface area contributed by atoms with Gasteiger partial charge < -0.3 is 9.84 Å². The fraction of sp³-hybridized carbons (Fsp3) is 0.700. The molecular formula is C10H16N2O. The molecule has 1 aromatic rings. The zero-order chi connectivity index (χ0) is 8.93. The van der Waals surface area contributed by atoms with Gasteiger partial charge in [-0.3, -0.25) is 0 Å². The lowest BCUT2D eigenvalue weighted by Gasteiger charge is -2.08. The molecule has 3 nitrogen and oxygen atoms in total. The average molecular weight is 180 g/mol.